The second-order valence-electron chi connectivity index (χ2n) is 5.53. The van der Waals surface area contributed by atoms with Gasteiger partial charge < -0.3 is 5.11 Å². The summed E-state index contributed by atoms with van der Waals surface area (Å²) in [5, 5.41) is 14.4. The van der Waals surface area contributed by atoms with Crippen LogP contribution < -0.4 is 0 Å². The van der Waals surface area contributed by atoms with E-state index in [0.29, 0.717) is 6.42 Å². The van der Waals surface area contributed by atoms with Gasteiger partial charge in [0.1, 0.15) is 0 Å². The van der Waals surface area contributed by atoms with Crippen molar-refractivity contribution in [3.63, 3.8) is 0 Å². The van der Waals surface area contributed by atoms with Gasteiger partial charge in [-0.05, 0) is 47.8 Å². The molecule has 0 unspecified atom stereocenters. The molecule has 0 saturated carbocycles. The Morgan fingerprint density at radius 3 is 2.79 bits per heavy atom. The van der Waals surface area contributed by atoms with Gasteiger partial charge in [0, 0.05) is 52.0 Å². The Morgan fingerprint density at radius 2 is 2.12 bits per heavy atom. The van der Waals surface area contributed by atoms with Gasteiger partial charge in [0.2, 0.25) is 0 Å². The number of rotatable bonds is 5. The molecule has 3 rings (SSSR count). The molecule has 0 atom stereocenters. The van der Waals surface area contributed by atoms with Crippen molar-refractivity contribution < 1.29 is 9.90 Å². The van der Waals surface area contributed by atoms with Gasteiger partial charge in [0.25, 0.3) is 0 Å². The van der Waals surface area contributed by atoms with Crippen LogP contribution in [0.15, 0.2) is 29.1 Å². The molecule has 3 aromatic heterocycles. The SMILES string of the molecule is CCn1ncc2c(-c3cncc(Br)c3)c(CCC(=O)O)c(C)nc21. The molecular weight excluding hydrogens is 372 g/mol. The molecule has 0 aromatic carbocycles. The van der Waals surface area contributed by atoms with E-state index in [9.17, 15) is 4.79 Å². The van der Waals surface area contributed by atoms with E-state index in [1.54, 1.807) is 18.6 Å². The van der Waals surface area contributed by atoms with Gasteiger partial charge in [-0.1, -0.05) is 0 Å². The highest BCUT2D eigenvalue weighted by atomic mass is 79.9. The van der Waals surface area contributed by atoms with Crippen LogP contribution in [0.1, 0.15) is 24.6 Å². The van der Waals surface area contributed by atoms with Gasteiger partial charge in [0.05, 0.1) is 6.20 Å². The van der Waals surface area contributed by atoms with Gasteiger partial charge in [-0.15, -0.1) is 0 Å². The van der Waals surface area contributed by atoms with E-state index in [4.69, 9.17) is 5.11 Å². The molecule has 3 aromatic rings. The third-order valence-corrected chi connectivity index (χ3v) is 4.41. The van der Waals surface area contributed by atoms with Gasteiger partial charge in [-0.25, -0.2) is 9.67 Å². The third-order valence-electron chi connectivity index (χ3n) is 3.98. The topological polar surface area (TPSA) is 80.9 Å². The Labute approximate surface area is 147 Å². The zero-order chi connectivity index (χ0) is 17.3. The second kappa shape index (κ2) is 6.68. The fourth-order valence-corrected chi connectivity index (χ4v) is 3.26. The van der Waals surface area contributed by atoms with Crippen LogP contribution in [-0.4, -0.2) is 30.8 Å². The summed E-state index contributed by atoms with van der Waals surface area (Å²) in [5.74, 6) is -0.822. The lowest BCUT2D eigenvalue weighted by Gasteiger charge is -2.14. The lowest BCUT2D eigenvalue weighted by Crippen LogP contribution is -2.05. The number of aliphatic carboxylic acids is 1. The Balaban J connectivity index is 2.30. The maximum absolute atomic E-state index is 11.0. The van der Waals surface area contributed by atoms with Gasteiger partial charge >= 0.3 is 5.97 Å². The Hall–Kier alpha value is -2.28. The molecule has 0 radical (unpaired) electrons. The first-order valence-electron chi connectivity index (χ1n) is 7.69. The number of fused-ring (bicyclic) bond motifs is 1. The number of pyridine rings is 2. The molecule has 6 nitrogen and oxygen atoms in total. The zero-order valence-electron chi connectivity index (χ0n) is 13.5. The first-order valence-corrected chi connectivity index (χ1v) is 8.48. The summed E-state index contributed by atoms with van der Waals surface area (Å²) >= 11 is 3.45. The summed E-state index contributed by atoms with van der Waals surface area (Å²) in [6.07, 6.45) is 5.78. The molecule has 24 heavy (non-hydrogen) atoms. The highest BCUT2D eigenvalue weighted by Gasteiger charge is 2.18. The highest BCUT2D eigenvalue weighted by Crippen LogP contribution is 2.34. The standard InChI is InChI=1S/C17H17BrN4O2/c1-3-22-17-14(9-20-22)16(11-6-12(18)8-19-7-11)13(10(2)21-17)4-5-15(23)24/h6-9H,3-5H2,1-2H3,(H,23,24). The van der Waals surface area contributed by atoms with Crippen LogP contribution in [0.2, 0.25) is 0 Å². The van der Waals surface area contributed by atoms with E-state index in [-0.39, 0.29) is 6.42 Å². The normalized spacial score (nSPS) is 11.1. The van der Waals surface area contributed by atoms with Crippen molar-refractivity contribution in [1.82, 2.24) is 19.7 Å². The van der Waals surface area contributed by atoms with E-state index in [1.165, 1.54) is 0 Å². The summed E-state index contributed by atoms with van der Waals surface area (Å²) < 4.78 is 2.72. The van der Waals surface area contributed by atoms with Crippen molar-refractivity contribution in [3.8, 4) is 11.1 Å². The molecule has 0 spiro atoms. The minimum absolute atomic E-state index is 0.0599. The Morgan fingerprint density at radius 1 is 1.33 bits per heavy atom. The van der Waals surface area contributed by atoms with Gasteiger partial charge in [0.15, 0.2) is 5.65 Å². The number of carboxylic acid groups (broad SMARTS) is 1. The maximum Gasteiger partial charge on any atom is 0.303 e. The molecule has 0 saturated heterocycles. The van der Waals surface area contributed by atoms with Crippen LogP contribution in [-0.2, 0) is 17.8 Å². The summed E-state index contributed by atoms with van der Waals surface area (Å²) in [6, 6.07) is 1.98. The van der Waals surface area contributed by atoms with E-state index in [2.05, 4.69) is 31.0 Å². The zero-order valence-corrected chi connectivity index (χ0v) is 15.0. The molecule has 0 bridgehead atoms. The number of carbonyl (C=O) groups is 1. The first-order chi connectivity index (χ1) is 11.5. The number of aromatic nitrogens is 4. The highest BCUT2D eigenvalue weighted by molar-refractivity contribution is 9.10. The lowest BCUT2D eigenvalue weighted by atomic mass is 9.94. The van der Waals surface area contributed by atoms with E-state index >= 15 is 0 Å². The number of hydrogen-bond acceptors (Lipinski definition) is 4. The summed E-state index contributed by atoms with van der Waals surface area (Å²) in [7, 11) is 0. The number of carboxylic acids is 1. The second-order valence-corrected chi connectivity index (χ2v) is 6.45. The number of hydrogen-bond donors (Lipinski definition) is 1. The molecule has 124 valence electrons. The van der Waals surface area contributed by atoms with Gasteiger partial charge in [-0.3, -0.25) is 9.78 Å². The van der Waals surface area contributed by atoms with Gasteiger partial charge in [-0.2, -0.15) is 5.10 Å². The number of nitrogens with zero attached hydrogens (tertiary/aromatic N) is 4. The summed E-state index contributed by atoms with van der Waals surface area (Å²) in [4.78, 5) is 20.0. The summed E-state index contributed by atoms with van der Waals surface area (Å²) in [5.41, 5.74) is 4.46. The summed E-state index contributed by atoms with van der Waals surface area (Å²) in [6.45, 7) is 4.65. The first kappa shape index (κ1) is 16.6. The van der Waals surface area contributed by atoms with Crippen LogP contribution in [0.5, 0.6) is 0 Å². The monoisotopic (exact) mass is 388 g/mol. The van der Waals surface area contributed by atoms with Crippen molar-refractivity contribution in [2.45, 2.75) is 33.2 Å². The maximum atomic E-state index is 11.0. The molecule has 1 N–H and O–H groups in total. The molecule has 0 aliphatic carbocycles. The van der Waals surface area contributed by atoms with Crippen molar-refractivity contribution in [2.24, 2.45) is 0 Å². The molecule has 7 heteroatoms. The van der Waals surface area contributed by atoms with Crippen molar-refractivity contribution in [1.29, 1.82) is 0 Å². The quantitative estimate of drug-likeness (QED) is 0.721. The Kier molecular flexibility index (Phi) is 4.62. The van der Waals surface area contributed by atoms with Crippen LogP contribution in [0.4, 0.5) is 0 Å². The smallest absolute Gasteiger partial charge is 0.303 e. The number of aryl methyl sites for hydroxylation is 2. The van der Waals surface area contributed by atoms with E-state index in [0.717, 1.165) is 44.4 Å². The van der Waals surface area contributed by atoms with Crippen molar-refractivity contribution in [3.05, 3.63) is 40.4 Å². The predicted molar refractivity (Wildman–Crippen MR) is 94.8 cm³/mol. The minimum Gasteiger partial charge on any atom is -0.481 e. The number of halogens is 1. The molecule has 0 aliphatic rings. The average Bonchev–Trinajstić information content (AvgIpc) is 2.94. The third kappa shape index (κ3) is 3.03. The van der Waals surface area contributed by atoms with Crippen LogP contribution in [0.25, 0.3) is 22.2 Å². The fraction of sp³-hybridized carbons (Fsp3) is 0.294. The molecule has 0 fully saturated rings. The molecule has 0 amide bonds. The van der Waals surface area contributed by atoms with Crippen LogP contribution in [0.3, 0.4) is 0 Å². The average molecular weight is 389 g/mol. The largest absolute Gasteiger partial charge is 0.481 e. The van der Waals surface area contributed by atoms with Crippen molar-refractivity contribution in [2.75, 3.05) is 0 Å². The Bertz CT molecular complexity index is 920. The molecular formula is C17H17BrN4O2. The lowest BCUT2D eigenvalue weighted by molar-refractivity contribution is -0.136. The predicted octanol–water partition coefficient (Wildman–Crippen LogP) is 3.60. The van der Waals surface area contributed by atoms with Crippen LogP contribution in [0, 0.1) is 6.92 Å². The molecule has 0 aliphatic heterocycles. The van der Waals surface area contributed by atoms with E-state index < -0.39 is 5.97 Å². The van der Waals surface area contributed by atoms with Crippen molar-refractivity contribution >= 4 is 32.9 Å². The van der Waals surface area contributed by atoms with E-state index in [1.807, 2.05) is 24.6 Å². The fourth-order valence-electron chi connectivity index (χ4n) is 2.89. The minimum atomic E-state index is -0.822. The molecule has 3 heterocycles. The van der Waals surface area contributed by atoms with Crippen LogP contribution >= 0.6 is 15.9 Å².